The molecule has 1 aromatic heterocycles. The molecule has 2 rings (SSSR count). The normalized spacial score (nSPS) is 10.1. The molecule has 0 N–H and O–H groups in total. The minimum Gasteiger partial charge on any atom is -0.368 e. The molecule has 0 spiro atoms. The van der Waals surface area contributed by atoms with E-state index in [2.05, 4.69) is 4.98 Å². The topological polar surface area (TPSA) is 39.9 Å². The molecule has 5 heteroatoms. The van der Waals surface area contributed by atoms with Gasteiger partial charge in [-0.05, 0) is 25.1 Å². The van der Waals surface area contributed by atoms with Gasteiger partial charge in [-0.15, -0.1) is 11.3 Å². The van der Waals surface area contributed by atoms with Gasteiger partial charge in [-0.3, -0.25) is 0 Å². The smallest absolute Gasteiger partial charge is 0.124 e. The molecule has 0 fully saturated rings. The zero-order valence-corrected chi connectivity index (χ0v) is 11.0. The molecule has 1 heterocycles. The van der Waals surface area contributed by atoms with Gasteiger partial charge in [0, 0.05) is 12.4 Å². The second-order valence-corrected chi connectivity index (χ2v) is 5.05. The van der Waals surface area contributed by atoms with Gasteiger partial charge in [-0.2, -0.15) is 5.26 Å². The largest absolute Gasteiger partial charge is 0.368 e. The van der Waals surface area contributed by atoms with Gasteiger partial charge in [0.1, 0.15) is 11.9 Å². The Morgan fingerprint density at radius 1 is 1.50 bits per heavy atom. The van der Waals surface area contributed by atoms with Crippen LogP contribution in [0.3, 0.4) is 0 Å². The summed E-state index contributed by atoms with van der Waals surface area (Å²) in [6, 6.07) is 6.24. The van der Waals surface area contributed by atoms with Crippen LogP contribution in [0, 0.1) is 24.1 Å². The highest BCUT2D eigenvalue weighted by atomic mass is 32.1. The summed E-state index contributed by atoms with van der Waals surface area (Å²) in [5, 5.41) is 12.0. The summed E-state index contributed by atoms with van der Waals surface area (Å²) < 4.78 is 13.0. The summed E-state index contributed by atoms with van der Waals surface area (Å²) in [7, 11) is 1.86. The Morgan fingerprint density at radius 2 is 2.28 bits per heavy atom. The first-order valence-corrected chi connectivity index (χ1v) is 6.30. The average molecular weight is 261 g/mol. The predicted molar refractivity (Wildman–Crippen MR) is 70.1 cm³/mol. The second kappa shape index (κ2) is 5.15. The second-order valence-electron chi connectivity index (χ2n) is 3.99. The molecule has 0 amide bonds. The van der Waals surface area contributed by atoms with Crippen molar-refractivity contribution in [2.24, 2.45) is 0 Å². The molecule has 1 aromatic carbocycles. The van der Waals surface area contributed by atoms with Crippen molar-refractivity contribution >= 4 is 17.0 Å². The lowest BCUT2D eigenvalue weighted by atomic mass is 10.1. The van der Waals surface area contributed by atoms with Crippen molar-refractivity contribution in [2.75, 3.05) is 11.9 Å². The maximum atomic E-state index is 13.0. The molecule has 2 aromatic rings. The van der Waals surface area contributed by atoms with Crippen LogP contribution in [0.5, 0.6) is 0 Å². The number of nitriles is 1. The minimum absolute atomic E-state index is 0.337. The first-order chi connectivity index (χ1) is 8.60. The SMILES string of the molecule is Cc1nc(CN(C)c2ccc(F)cc2C#N)cs1. The van der Waals surface area contributed by atoms with Gasteiger partial charge in [0.05, 0.1) is 28.5 Å². The van der Waals surface area contributed by atoms with E-state index in [1.54, 1.807) is 17.4 Å². The van der Waals surface area contributed by atoms with Gasteiger partial charge in [0.2, 0.25) is 0 Å². The van der Waals surface area contributed by atoms with Crippen LogP contribution in [-0.4, -0.2) is 12.0 Å². The number of thiazole rings is 1. The first-order valence-electron chi connectivity index (χ1n) is 5.42. The third-order valence-electron chi connectivity index (χ3n) is 2.56. The number of aryl methyl sites for hydroxylation is 1. The third-order valence-corrected chi connectivity index (χ3v) is 3.38. The number of halogens is 1. The number of hydrogen-bond donors (Lipinski definition) is 0. The van der Waals surface area contributed by atoms with Crippen molar-refractivity contribution in [1.29, 1.82) is 5.26 Å². The van der Waals surface area contributed by atoms with Gasteiger partial charge in [-0.25, -0.2) is 9.37 Å². The van der Waals surface area contributed by atoms with Crippen molar-refractivity contribution < 1.29 is 4.39 Å². The molecule has 0 aliphatic carbocycles. The minimum atomic E-state index is -0.395. The van der Waals surface area contributed by atoms with E-state index in [0.717, 1.165) is 10.7 Å². The van der Waals surface area contributed by atoms with Gasteiger partial charge in [-0.1, -0.05) is 0 Å². The monoisotopic (exact) mass is 261 g/mol. The standard InChI is InChI=1S/C13H12FN3S/c1-9-16-12(8-18-9)7-17(2)13-4-3-11(14)5-10(13)6-15/h3-5,8H,7H2,1-2H3. The van der Waals surface area contributed by atoms with Gasteiger partial charge in [0.15, 0.2) is 0 Å². The Labute approximate surface area is 109 Å². The predicted octanol–water partition coefficient (Wildman–Crippen LogP) is 3.10. The van der Waals surface area contributed by atoms with Gasteiger partial charge in [0.25, 0.3) is 0 Å². The summed E-state index contributed by atoms with van der Waals surface area (Å²) in [6.45, 7) is 2.55. The third kappa shape index (κ3) is 2.66. The molecule has 0 unspecified atom stereocenters. The van der Waals surface area contributed by atoms with Crippen molar-refractivity contribution in [3.8, 4) is 6.07 Å². The molecule has 0 radical (unpaired) electrons. The Balaban J connectivity index is 2.24. The fourth-order valence-corrected chi connectivity index (χ4v) is 2.34. The molecular weight excluding hydrogens is 249 g/mol. The average Bonchev–Trinajstić information content (AvgIpc) is 2.74. The summed E-state index contributed by atoms with van der Waals surface area (Å²) in [5.41, 5.74) is 2.00. The van der Waals surface area contributed by atoms with Crippen LogP contribution in [0.2, 0.25) is 0 Å². The quantitative estimate of drug-likeness (QED) is 0.852. The number of aromatic nitrogens is 1. The van der Waals surface area contributed by atoms with E-state index in [0.29, 0.717) is 17.8 Å². The molecule has 0 saturated heterocycles. The van der Waals surface area contributed by atoms with Gasteiger partial charge >= 0.3 is 0 Å². The summed E-state index contributed by atoms with van der Waals surface area (Å²) >= 11 is 1.59. The van der Waals surface area contributed by atoms with E-state index < -0.39 is 5.82 Å². The maximum absolute atomic E-state index is 13.0. The fourth-order valence-electron chi connectivity index (χ4n) is 1.74. The van der Waals surface area contributed by atoms with Crippen molar-refractivity contribution in [2.45, 2.75) is 13.5 Å². The number of hydrogen-bond acceptors (Lipinski definition) is 4. The van der Waals surface area contributed by atoms with Crippen LogP contribution >= 0.6 is 11.3 Å². The van der Waals surface area contributed by atoms with E-state index in [-0.39, 0.29) is 0 Å². The maximum Gasteiger partial charge on any atom is 0.124 e. The summed E-state index contributed by atoms with van der Waals surface area (Å²) in [5.74, 6) is -0.395. The highest BCUT2D eigenvalue weighted by molar-refractivity contribution is 7.09. The molecule has 18 heavy (non-hydrogen) atoms. The summed E-state index contributed by atoms with van der Waals surface area (Å²) in [6.07, 6.45) is 0. The number of rotatable bonds is 3. The number of nitrogens with zero attached hydrogens (tertiary/aromatic N) is 3. The Kier molecular flexibility index (Phi) is 3.58. The summed E-state index contributed by atoms with van der Waals surface area (Å²) in [4.78, 5) is 6.26. The zero-order valence-electron chi connectivity index (χ0n) is 10.1. The van der Waals surface area contributed by atoms with Crippen molar-refractivity contribution in [3.05, 3.63) is 45.7 Å². The molecule has 0 aliphatic rings. The Bertz CT molecular complexity index is 601. The molecule has 3 nitrogen and oxygen atoms in total. The Morgan fingerprint density at radius 3 is 2.89 bits per heavy atom. The number of anilines is 1. The first kappa shape index (κ1) is 12.5. The van der Waals surface area contributed by atoms with Crippen LogP contribution in [0.4, 0.5) is 10.1 Å². The molecule has 92 valence electrons. The lowest BCUT2D eigenvalue weighted by Crippen LogP contribution is -2.17. The van der Waals surface area contributed by atoms with Crippen LogP contribution in [0.15, 0.2) is 23.6 Å². The van der Waals surface area contributed by atoms with Crippen LogP contribution < -0.4 is 4.90 Å². The Hall–Kier alpha value is -1.93. The van der Waals surface area contributed by atoms with Crippen LogP contribution in [-0.2, 0) is 6.54 Å². The lowest BCUT2D eigenvalue weighted by Gasteiger charge is -2.19. The zero-order chi connectivity index (χ0) is 13.1. The fraction of sp³-hybridized carbons (Fsp3) is 0.231. The van der Waals surface area contributed by atoms with E-state index in [4.69, 9.17) is 5.26 Å². The van der Waals surface area contributed by atoms with E-state index in [1.165, 1.54) is 12.1 Å². The van der Waals surface area contributed by atoms with E-state index in [9.17, 15) is 4.39 Å². The molecule has 0 bridgehead atoms. The highest BCUT2D eigenvalue weighted by Gasteiger charge is 2.10. The molecule has 0 atom stereocenters. The number of benzene rings is 1. The highest BCUT2D eigenvalue weighted by Crippen LogP contribution is 2.22. The van der Waals surface area contributed by atoms with Crippen molar-refractivity contribution in [3.63, 3.8) is 0 Å². The molecular formula is C13H12FN3S. The van der Waals surface area contributed by atoms with E-state index in [1.807, 2.05) is 30.3 Å². The molecule has 0 saturated carbocycles. The van der Waals surface area contributed by atoms with Crippen LogP contribution in [0.1, 0.15) is 16.3 Å². The molecule has 0 aliphatic heterocycles. The van der Waals surface area contributed by atoms with Crippen molar-refractivity contribution in [1.82, 2.24) is 4.98 Å². The van der Waals surface area contributed by atoms with Gasteiger partial charge < -0.3 is 4.90 Å². The van der Waals surface area contributed by atoms with E-state index >= 15 is 0 Å². The lowest BCUT2D eigenvalue weighted by molar-refractivity contribution is 0.627. The van der Waals surface area contributed by atoms with Crippen LogP contribution in [0.25, 0.3) is 0 Å².